The van der Waals surface area contributed by atoms with Crippen LogP contribution in [-0.2, 0) is 6.54 Å². The summed E-state index contributed by atoms with van der Waals surface area (Å²) in [7, 11) is 0. The zero-order chi connectivity index (χ0) is 11.9. The van der Waals surface area contributed by atoms with Gasteiger partial charge in [0.25, 0.3) is 0 Å². The van der Waals surface area contributed by atoms with Gasteiger partial charge in [-0.05, 0) is 11.1 Å². The first-order valence-corrected chi connectivity index (χ1v) is 5.85. The molecular weight excluding hydrogens is 206 g/mol. The maximum absolute atomic E-state index is 3.89. The molecule has 1 nitrogen and oxygen atoms in total. The van der Waals surface area contributed by atoms with E-state index in [0.717, 1.165) is 6.54 Å². The molecule has 0 radical (unpaired) electrons. The first-order chi connectivity index (χ1) is 8.40. The molecule has 2 aromatic carbocycles. The molecule has 0 spiro atoms. The van der Waals surface area contributed by atoms with E-state index in [4.69, 9.17) is 0 Å². The summed E-state index contributed by atoms with van der Waals surface area (Å²) in [5.41, 5.74) is 2.54. The van der Waals surface area contributed by atoms with Gasteiger partial charge in [0.05, 0.1) is 6.04 Å². The van der Waals surface area contributed by atoms with Crippen molar-refractivity contribution in [1.82, 2.24) is 5.32 Å². The molecule has 0 aliphatic carbocycles. The molecule has 0 bridgehead atoms. The number of hydrogen-bond acceptors (Lipinski definition) is 1. The van der Waals surface area contributed by atoms with Crippen LogP contribution >= 0.6 is 0 Å². The Kier molecular flexibility index (Phi) is 4.11. The predicted octanol–water partition coefficient (Wildman–Crippen LogP) is 3.70. The van der Waals surface area contributed by atoms with Crippen molar-refractivity contribution < 1.29 is 0 Å². The van der Waals surface area contributed by atoms with E-state index in [1.807, 2.05) is 18.2 Å². The summed E-state index contributed by atoms with van der Waals surface area (Å²) < 4.78 is 0. The maximum atomic E-state index is 3.89. The Hall–Kier alpha value is -1.86. The number of benzene rings is 2. The Morgan fingerprint density at radius 3 is 2.12 bits per heavy atom. The van der Waals surface area contributed by atoms with Gasteiger partial charge in [0.2, 0.25) is 0 Å². The highest BCUT2D eigenvalue weighted by molar-refractivity contribution is 5.23. The molecule has 86 valence electrons. The molecule has 0 unspecified atom stereocenters. The fraction of sp³-hybridized carbons (Fsp3) is 0.125. The molecule has 0 heterocycles. The molecule has 1 N–H and O–H groups in total. The van der Waals surface area contributed by atoms with Crippen LogP contribution in [0.2, 0.25) is 0 Å². The molecule has 0 aromatic heterocycles. The second-order valence-corrected chi connectivity index (χ2v) is 3.99. The van der Waals surface area contributed by atoms with E-state index in [1.165, 1.54) is 11.1 Å². The van der Waals surface area contributed by atoms with Crippen LogP contribution in [0, 0.1) is 0 Å². The van der Waals surface area contributed by atoms with Gasteiger partial charge in [-0.15, -0.1) is 6.58 Å². The number of hydrogen-bond donors (Lipinski definition) is 1. The summed E-state index contributed by atoms with van der Waals surface area (Å²) in [5, 5.41) is 3.48. The minimum absolute atomic E-state index is 0.205. The van der Waals surface area contributed by atoms with E-state index >= 15 is 0 Å². The zero-order valence-corrected chi connectivity index (χ0v) is 9.84. The van der Waals surface area contributed by atoms with Gasteiger partial charge in [-0.25, -0.2) is 0 Å². The highest BCUT2D eigenvalue weighted by Crippen LogP contribution is 2.14. The van der Waals surface area contributed by atoms with Crippen LogP contribution in [0.4, 0.5) is 0 Å². The monoisotopic (exact) mass is 223 g/mol. The van der Waals surface area contributed by atoms with Gasteiger partial charge in [0.15, 0.2) is 0 Å². The summed E-state index contributed by atoms with van der Waals surface area (Å²) in [6.07, 6.45) is 1.94. The quantitative estimate of drug-likeness (QED) is 0.762. The zero-order valence-electron chi connectivity index (χ0n) is 9.84. The van der Waals surface area contributed by atoms with Gasteiger partial charge in [0, 0.05) is 6.54 Å². The van der Waals surface area contributed by atoms with Crippen molar-refractivity contribution in [3.8, 4) is 0 Å². The third-order valence-electron chi connectivity index (χ3n) is 2.76. The Bertz CT molecular complexity index is 447. The van der Waals surface area contributed by atoms with Gasteiger partial charge in [-0.3, -0.25) is 0 Å². The van der Waals surface area contributed by atoms with E-state index in [9.17, 15) is 0 Å². The smallest absolute Gasteiger partial charge is 0.0506 e. The predicted molar refractivity (Wildman–Crippen MR) is 72.7 cm³/mol. The summed E-state index contributed by atoms with van der Waals surface area (Å²) in [4.78, 5) is 0. The molecule has 1 atom stereocenters. The van der Waals surface area contributed by atoms with Crippen molar-refractivity contribution in [3.63, 3.8) is 0 Å². The van der Waals surface area contributed by atoms with Gasteiger partial charge < -0.3 is 5.32 Å². The van der Waals surface area contributed by atoms with Crippen molar-refractivity contribution in [1.29, 1.82) is 0 Å². The SMILES string of the molecule is C=C[C@H](NCc1ccccc1)c1ccccc1. The molecule has 17 heavy (non-hydrogen) atoms. The summed E-state index contributed by atoms with van der Waals surface area (Å²) >= 11 is 0. The van der Waals surface area contributed by atoms with Gasteiger partial charge in [-0.2, -0.15) is 0 Å². The van der Waals surface area contributed by atoms with E-state index in [-0.39, 0.29) is 6.04 Å². The van der Waals surface area contributed by atoms with Crippen molar-refractivity contribution in [3.05, 3.63) is 84.4 Å². The minimum atomic E-state index is 0.205. The first kappa shape index (κ1) is 11.6. The molecule has 0 saturated carbocycles. The average Bonchev–Trinajstić information content (AvgIpc) is 2.42. The Balaban J connectivity index is 2.00. The third kappa shape index (κ3) is 3.30. The second kappa shape index (κ2) is 6.02. The minimum Gasteiger partial charge on any atom is -0.303 e. The van der Waals surface area contributed by atoms with Crippen LogP contribution in [-0.4, -0.2) is 0 Å². The Labute approximate surface area is 103 Å². The summed E-state index contributed by atoms with van der Waals surface area (Å²) in [5.74, 6) is 0. The third-order valence-corrected chi connectivity index (χ3v) is 2.76. The summed E-state index contributed by atoms with van der Waals surface area (Å²) in [6, 6.07) is 21.0. The molecule has 0 saturated heterocycles. The van der Waals surface area contributed by atoms with Crippen molar-refractivity contribution in [2.24, 2.45) is 0 Å². The molecule has 0 aliphatic rings. The lowest BCUT2D eigenvalue weighted by molar-refractivity contribution is 0.622. The van der Waals surface area contributed by atoms with E-state index < -0.39 is 0 Å². The Morgan fingerprint density at radius 1 is 0.941 bits per heavy atom. The topological polar surface area (TPSA) is 12.0 Å². The molecular formula is C16H17N. The highest BCUT2D eigenvalue weighted by atomic mass is 14.9. The average molecular weight is 223 g/mol. The van der Waals surface area contributed by atoms with Crippen molar-refractivity contribution in [2.45, 2.75) is 12.6 Å². The normalized spacial score (nSPS) is 12.0. The van der Waals surface area contributed by atoms with Crippen LogP contribution in [0.15, 0.2) is 73.3 Å². The summed E-state index contributed by atoms with van der Waals surface area (Å²) in [6.45, 7) is 4.74. The molecule has 0 fully saturated rings. The standard InChI is InChI=1S/C16H17N/c1-2-16(15-11-7-4-8-12-15)17-13-14-9-5-3-6-10-14/h2-12,16-17H,1,13H2/t16-/m0/s1. The highest BCUT2D eigenvalue weighted by Gasteiger charge is 2.05. The molecule has 2 rings (SSSR count). The van der Waals surface area contributed by atoms with E-state index in [1.54, 1.807) is 0 Å². The van der Waals surface area contributed by atoms with E-state index in [2.05, 4.69) is 60.4 Å². The van der Waals surface area contributed by atoms with Crippen LogP contribution in [0.3, 0.4) is 0 Å². The first-order valence-electron chi connectivity index (χ1n) is 5.85. The molecule has 1 heteroatoms. The van der Waals surface area contributed by atoms with Crippen LogP contribution in [0.5, 0.6) is 0 Å². The number of nitrogens with one attached hydrogen (secondary N) is 1. The van der Waals surface area contributed by atoms with Gasteiger partial charge in [0.1, 0.15) is 0 Å². The lowest BCUT2D eigenvalue weighted by Crippen LogP contribution is -2.18. The van der Waals surface area contributed by atoms with Gasteiger partial charge >= 0.3 is 0 Å². The van der Waals surface area contributed by atoms with Crippen molar-refractivity contribution >= 4 is 0 Å². The molecule has 0 amide bonds. The van der Waals surface area contributed by atoms with Crippen LogP contribution in [0.1, 0.15) is 17.2 Å². The lowest BCUT2D eigenvalue weighted by atomic mass is 10.1. The molecule has 2 aromatic rings. The molecule has 0 aliphatic heterocycles. The lowest BCUT2D eigenvalue weighted by Gasteiger charge is -2.15. The Morgan fingerprint density at radius 2 is 1.53 bits per heavy atom. The van der Waals surface area contributed by atoms with Crippen LogP contribution < -0.4 is 5.32 Å². The number of rotatable bonds is 5. The largest absolute Gasteiger partial charge is 0.303 e. The second-order valence-electron chi connectivity index (χ2n) is 3.99. The fourth-order valence-electron chi connectivity index (χ4n) is 1.82. The van der Waals surface area contributed by atoms with E-state index in [0.29, 0.717) is 0 Å². The van der Waals surface area contributed by atoms with Gasteiger partial charge in [-0.1, -0.05) is 66.7 Å². The van der Waals surface area contributed by atoms with Crippen molar-refractivity contribution in [2.75, 3.05) is 0 Å². The fourth-order valence-corrected chi connectivity index (χ4v) is 1.82. The van der Waals surface area contributed by atoms with Crippen LogP contribution in [0.25, 0.3) is 0 Å². The maximum Gasteiger partial charge on any atom is 0.0506 e.